The Morgan fingerprint density at radius 2 is 1.86 bits per heavy atom. The van der Waals surface area contributed by atoms with Gasteiger partial charge in [-0.2, -0.15) is 5.26 Å². The molecule has 0 spiro atoms. The fraction of sp³-hybridized carbons (Fsp3) is 0.267. The van der Waals surface area contributed by atoms with Gasteiger partial charge in [-0.25, -0.2) is 9.97 Å². The molecule has 0 saturated carbocycles. The van der Waals surface area contributed by atoms with Gasteiger partial charge < -0.3 is 9.80 Å². The van der Waals surface area contributed by atoms with E-state index in [2.05, 4.69) is 36.9 Å². The molecule has 21 heavy (non-hydrogen) atoms. The number of benzene rings is 1. The second-order valence-electron chi connectivity index (χ2n) is 4.92. The van der Waals surface area contributed by atoms with Crippen molar-refractivity contribution in [3.63, 3.8) is 0 Å². The first kappa shape index (κ1) is 15.3. The van der Waals surface area contributed by atoms with Crippen LogP contribution in [0.3, 0.4) is 0 Å². The minimum absolute atomic E-state index is 0.637. The predicted molar refractivity (Wildman–Crippen MR) is 87.3 cm³/mol. The maximum absolute atomic E-state index is 8.89. The van der Waals surface area contributed by atoms with E-state index in [9.17, 15) is 0 Å². The molecule has 0 aliphatic rings. The molecule has 5 nitrogen and oxygen atoms in total. The lowest BCUT2D eigenvalue weighted by Gasteiger charge is -2.21. The number of nitriles is 1. The Labute approximate surface area is 133 Å². The number of halogens is 1. The summed E-state index contributed by atoms with van der Waals surface area (Å²) in [5.41, 5.74) is 2.68. The molecule has 1 heterocycles. The first-order valence-corrected chi connectivity index (χ1v) is 7.19. The van der Waals surface area contributed by atoms with Crippen LogP contribution in [0.5, 0.6) is 0 Å². The summed E-state index contributed by atoms with van der Waals surface area (Å²) in [7, 11) is 5.82. The third-order valence-corrected chi connectivity index (χ3v) is 3.63. The Bertz CT molecular complexity index is 661. The lowest BCUT2D eigenvalue weighted by molar-refractivity contribution is 0.890. The molecule has 0 unspecified atom stereocenters. The zero-order valence-corrected chi connectivity index (χ0v) is 13.8. The highest BCUT2D eigenvalue weighted by molar-refractivity contribution is 9.10. The van der Waals surface area contributed by atoms with Gasteiger partial charge in [-0.05, 0) is 34.1 Å². The van der Waals surface area contributed by atoms with E-state index in [4.69, 9.17) is 5.26 Å². The molecule has 0 fully saturated rings. The highest BCUT2D eigenvalue weighted by Crippen LogP contribution is 2.27. The monoisotopic (exact) mass is 345 g/mol. The van der Waals surface area contributed by atoms with Crippen LogP contribution in [0.15, 0.2) is 35.1 Å². The van der Waals surface area contributed by atoms with Gasteiger partial charge in [-0.1, -0.05) is 0 Å². The molecule has 2 aromatic rings. The maximum Gasteiger partial charge on any atom is 0.224 e. The molecular weight excluding hydrogens is 330 g/mol. The highest BCUT2D eigenvalue weighted by Gasteiger charge is 2.08. The van der Waals surface area contributed by atoms with Crippen molar-refractivity contribution in [1.29, 1.82) is 5.26 Å². The lowest BCUT2D eigenvalue weighted by atomic mass is 10.2. The molecule has 0 radical (unpaired) electrons. The fourth-order valence-electron chi connectivity index (χ4n) is 1.91. The highest BCUT2D eigenvalue weighted by atomic mass is 79.9. The molecule has 0 amide bonds. The van der Waals surface area contributed by atoms with Gasteiger partial charge in [0.1, 0.15) is 0 Å². The van der Waals surface area contributed by atoms with Crippen LogP contribution in [0.1, 0.15) is 11.1 Å². The summed E-state index contributed by atoms with van der Waals surface area (Å²) >= 11 is 3.50. The van der Waals surface area contributed by atoms with Crippen molar-refractivity contribution in [2.45, 2.75) is 6.54 Å². The summed E-state index contributed by atoms with van der Waals surface area (Å²) in [6, 6.07) is 7.68. The molecule has 1 aromatic heterocycles. The number of hydrogen-bond acceptors (Lipinski definition) is 5. The number of aromatic nitrogens is 2. The van der Waals surface area contributed by atoms with E-state index in [-0.39, 0.29) is 0 Å². The molecule has 6 heteroatoms. The second kappa shape index (κ2) is 6.55. The first-order valence-electron chi connectivity index (χ1n) is 6.40. The van der Waals surface area contributed by atoms with Gasteiger partial charge in [0.15, 0.2) is 0 Å². The maximum atomic E-state index is 8.89. The van der Waals surface area contributed by atoms with Gasteiger partial charge in [0.2, 0.25) is 5.95 Å². The average molecular weight is 346 g/mol. The van der Waals surface area contributed by atoms with E-state index in [0.717, 1.165) is 15.7 Å². The molecule has 0 saturated heterocycles. The summed E-state index contributed by atoms with van der Waals surface area (Å²) in [6.07, 6.45) is 3.66. The SMILES string of the molecule is CN(C)c1ncc(CN(C)c2ccc(C#N)cc2Br)cn1. The molecule has 1 aromatic carbocycles. The van der Waals surface area contributed by atoms with Crippen LogP contribution in [-0.2, 0) is 6.54 Å². The average Bonchev–Trinajstić information content (AvgIpc) is 2.47. The number of anilines is 2. The molecule has 0 N–H and O–H groups in total. The first-order chi connectivity index (χ1) is 10.0. The summed E-state index contributed by atoms with van der Waals surface area (Å²) in [5, 5.41) is 8.89. The summed E-state index contributed by atoms with van der Waals surface area (Å²) in [5.74, 6) is 0.695. The van der Waals surface area contributed by atoms with Gasteiger partial charge in [0.05, 0.1) is 17.3 Å². The van der Waals surface area contributed by atoms with Crippen molar-refractivity contribution in [2.75, 3.05) is 30.9 Å². The van der Waals surface area contributed by atoms with Crippen molar-refractivity contribution in [3.8, 4) is 6.07 Å². The van der Waals surface area contributed by atoms with Crippen molar-refractivity contribution >= 4 is 27.6 Å². The van der Waals surface area contributed by atoms with Crippen LogP contribution in [0, 0.1) is 11.3 Å². The standard InChI is InChI=1S/C15H16BrN5/c1-20(2)15-18-8-12(9-19-15)10-21(3)14-5-4-11(7-17)6-13(14)16/h4-6,8-9H,10H2,1-3H3. The Morgan fingerprint density at radius 3 is 2.38 bits per heavy atom. The normalized spacial score (nSPS) is 10.0. The van der Waals surface area contributed by atoms with Crippen LogP contribution in [0.25, 0.3) is 0 Å². The molecule has 108 valence electrons. The Hall–Kier alpha value is -2.13. The summed E-state index contributed by atoms with van der Waals surface area (Å²) in [6.45, 7) is 0.693. The van der Waals surface area contributed by atoms with Crippen LogP contribution in [0.4, 0.5) is 11.6 Å². The third kappa shape index (κ3) is 3.70. The molecular formula is C15H16BrN5. The quantitative estimate of drug-likeness (QED) is 0.852. The van der Waals surface area contributed by atoms with Gasteiger partial charge in [-0.15, -0.1) is 0 Å². The van der Waals surface area contributed by atoms with Gasteiger partial charge >= 0.3 is 0 Å². The zero-order valence-electron chi connectivity index (χ0n) is 12.2. The molecule has 2 rings (SSSR count). The number of nitrogens with zero attached hydrogens (tertiary/aromatic N) is 5. The minimum atomic E-state index is 0.637. The topological polar surface area (TPSA) is 56.1 Å². The Morgan fingerprint density at radius 1 is 1.19 bits per heavy atom. The van der Waals surface area contributed by atoms with Crippen LogP contribution in [0.2, 0.25) is 0 Å². The Balaban J connectivity index is 2.14. The number of rotatable bonds is 4. The van der Waals surface area contributed by atoms with Crippen molar-refractivity contribution in [1.82, 2.24) is 9.97 Å². The molecule has 0 aliphatic heterocycles. The van der Waals surface area contributed by atoms with Crippen molar-refractivity contribution in [3.05, 3.63) is 46.2 Å². The van der Waals surface area contributed by atoms with Crippen LogP contribution in [-0.4, -0.2) is 31.1 Å². The van der Waals surface area contributed by atoms with Crippen molar-refractivity contribution in [2.24, 2.45) is 0 Å². The Kier molecular flexibility index (Phi) is 4.76. The van der Waals surface area contributed by atoms with Gasteiger partial charge in [-0.3, -0.25) is 0 Å². The zero-order chi connectivity index (χ0) is 15.4. The minimum Gasteiger partial charge on any atom is -0.369 e. The summed E-state index contributed by atoms with van der Waals surface area (Å²) in [4.78, 5) is 12.6. The van der Waals surface area contributed by atoms with Gasteiger partial charge in [0.25, 0.3) is 0 Å². The van der Waals surface area contributed by atoms with E-state index in [0.29, 0.717) is 18.1 Å². The van der Waals surface area contributed by atoms with E-state index < -0.39 is 0 Å². The fourth-order valence-corrected chi connectivity index (χ4v) is 2.59. The van der Waals surface area contributed by atoms with Crippen LogP contribution < -0.4 is 9.80 Å². The molecule has 0 bridgehead atoms. The molecule has 0 atom stereocenters. The number of hydrogen-bond donors (Lipinski definition) is 0. The molecule has 0 aliphatic carbocycles. The predicted octanol–water partition coefficient (Wildman–Crippen LogP) is 2.81. The van der Waals surface area contributed by atoms with Crippen molar-refractivity contribution < 1.29 is 0 Å². The van der Waals surface area contributed by atoms with E-state index in [1.165, 1.54) is 0 Å². The summed E-state index contributed by atoms with van der Waals surface area (Å²) < 4.78 is 0.898. The third-order valence-electron chi connectivity index (χ3n) is 3.00. The van der Waals surface area contributed by atoms with Crippen LogP contribution >= 0.6 is 15.9 Å². The smallest absolute Gasteiger partial charge is 0.224 e. The second-order valence-corrected chi connectivity index (χ2v) is 5.77. The lowest BCUT2D eigenvalue weighted by Crippen LogP contribution is -2.18. The largest absolute Gasteiger partial charge is 0.369 e. The van der Waals surface area contributed by atoms with E-state index in [1.807, 2.05) is 56.6 Å². The van der Waals surface area contributed by atoms with E-state index in [1.54, 1.807) is 0 Å². The van der Waals surface area contributed by atoms with Gasteiger partial charge in [0, 0.05) is 50.1 Å². The van der Waals surface area contributed by atoms with E-state index >= 15 is 0 Å².